The van der Waals surface area contributed by atoms with Crippen molar-refractivity contribution in [1.29, 1.82) is 0 Å². The highest BCUT2D eigenvalue weighted by Crippen LogP contribution is 2.34. The number of aromatic nitrogens is 2. The van der Waals surface area contributed by atoms with E-state index in [0.717, 1.165) is 22.5 Å². The van der Waals surface area contributed by atoms with Gasteiger partial charge in [-0.3, -0.25) is 5.32 Å². The Hall–Kier alpha value is -4.35. The largest absolute Gasteiger partial charge is 0.497 e. The summed E-state index contributed by atoms with van der Waals surface area (Å²) in [5, 5.41) is 10.9. The lowest BCUT2D eigenvalue weighted by molar-refractivity contribution is 0.261. The number of nitrogens with one attached hydrogen (secondary N) is 2. The molecule has 0 bridgehead atoms. The topological polar surface area (TPSA) is 115 Å². The molecule has 1 fully saturated rings. The third kappa shape index (κ3) is 7.37. The SMILES string of the molecule is COc1ccc(OC)c(S(=O)(=O)N2CCC(Cc3ccccc3NC(=O)Nc3cc(C(C)(C)C)nn3-c3ccc(C)cc3)CC2)c1. The minimum absolute atomic E-state index is 0.103. The molecular formula is C35H43N5O5S. The Bertz CT molecular complexity index is 1790. The average molecular weight is 646 g/mol. The van der Waals surface area contributed by atoms with Crippen LogP contribution in [-0.4, -0.2) is 55.8 Å². The quantitative estimate of drug-likeness (QED) is 0.207. The molecule has 1 aromatic heterocycles. The molecule has 5 rings (SSSR count). The molecule has 2 amide bonds. The van der Waals surface area contributed by atoms with E-state index in [2.05, 4.69) is 31.4 Å². The monoisotopic (exact) mass is 645 g/mol. The van der Waals surface area contributed by atoms with E-state index in [1.807, 2.05) is 61.5 Å². The van der Waals surface area contributed by atoms with Gasteiger partial charge in [-0.05, 0) is 68.0 Å². The van der Waals surface area contributed by atoms with Crippen LogP contribution in [0.3, 0.4) is 0 Å². The fraction of sp³-hybridized carbons (Fsp3) is 0.371. The summed E-state index contributed by atoms with van der Waals surface area (Å²) in [6.45, 7) is 9.08. The molecule has 2 N–H and O–H groups in total. The summed E-state index contributed by atoms with van der Waals surface area (Å²) in [4.78, 5) is 13.5. The second-order valence-corrected chi connectivity index (χ2v) is 14.6. The Balaban J connectivity index is 1.26. The molecule has 1 aliphatic rings. The van der Waals surface area contributed by atoms with Crippen molar-refractivity contribution < 1.29 is 22.7 Å². The Morgan fingerprint density at radius 1 is 0.935 bits per heavy atom. The van der Waals surface area contributed by atoms with Crippen LogP contribution >= 0.6 is 0 Å². The number of urea groups is 1. The smallest absolute Gasteiger partial charge is 0.324 e. The highest BCUT2D eigenvalue weighted by atomic mass is 32.2. The number of methoxy groups -OCH3 is 2. The van der Waals surface area contributed by atoms with Crippen LogP contribution in [0, 0.1) is 12.8 Å². The van der Waals surface area contributed by atoms with E-state index < -0.39 is 10.0 Å². The number of ether oxygens (including phenoxy) is 2. The molecular weight excluding hydrogens is 602 g/mol. The first kappa shape index (κ1) is 33.0. The number of carbonyl (C=O) groups is 1. The van der Waals surface area contributed by atoms with Crippen LogP contribution in [0.1, 0.15) is 50.4 Å². The van der Waals surface area contributed by atoms with E-state index in [1.54, 1.807) is 16.8 Å². The summed E-state index contributed by atoms with van der Waals surface area (Å²) in [5.41, 5.74) is 4.37. The Kier molecular flexibility index (Phi) is 9.74. The number of sulfonamides is 1. The van der Waals surface area contributed by atoms with Crippen LogP contribution in [0.4, 0.5) is 16.3 Å². The van der Waals surface area contributed by atoms with Gasteiger partial charge in [0, 0.05) is 36.3 Å². The van der Waals surface area contributed by atoms with Crippen molar-refractivity contribution in [3.8, 4) is 17.2 Å². The molecule has 4 aromatic rings. The third-order valence-electron chi connectivity index (χ3n) is 8.33. The zero-order valence-corrected chi connectivity index (χ0v) is 28.1. The van der Waals surface area contributed by atoms with Crippen molar-refractivity contribution in [1.82, 2.24) is 14.1 Å². The molecule has 3 aromatic carbocycles. The number of benzene rings is 3. The molecule has 10 nitrogen and oxygen atoms in total. The van der Waals surface area contributed by atoms with Gasteiger partial charge in [-0.15, -0.1) is 0 Å². The lowest BCUT2D eigenvalue weighted by atomic mass is 9.90. The molecule has 0 atom stereocenters. The lowest BCUT2D eigenvalue weighted by Crippen LogP contribution is -2.39. The number of amides is 2. The normalized spacial score (nSPS) is 14.6. The van der Waals surface area contributed by atoms with Gasteiger partial charge >= 0.3 is 6.03 Å². The zero-order valence-electron chi connectivity index (χ0n) is 27.3. The summed E-state index contributed by atoms with van der Waals surface area (Å²) in [6, 6.07) is 22.1. The molecule has 0 saturated carbocycles. The number of hydrogen-bond donors (Lipinski definition) is 2. The molecule has 11 heteroatoms. The summed E-state index contributed by atoms with van der Waals surface area (Å²) < 4.78 is 41.0. The molecule has 0 unspecified atom stereocenters. The molecule has 0 radical (unpaired) electrons. The van der Waals surface area contributed by atoms with Crippen LogP contribution in [0.25, 0.3) is 5.69 Å². The standard InChI is InChI=1S/C35H43N5O5S/c1-24-11-13-27(14-12-24)40-33(23-32(38-40)35(2,3)4)37-34(41)36-29-10-8-7-9-26(29)21-25-17-19-39(20-18-25)46(42,43)31-22-28(44-5)15-16-30(31)45-6/h7-16,22-23,25H,17-21H2,1-6H3,(H2,36,37,41). The van der Waals surface area contributed by atoms with Crippen molar-refractivity contribution in [3.05, 3.63) is 89.6 Å². The molecule has 1 aliphatic heterocycles. The van der Waals surface area contributed by atoms with Gasteiger partial charge in [0.2, 0.25) is 10.0 Å². The molecule has 46 heavy (non-hydrogen) atoms. The average Bonchev–Trinajstić information content (AvgIpc) is 3.46. The van der Waals surface area contributed by atoms with Crippen LogP contribution in [-0.2, 0) is 21.9 Å². The first-order chi connectivity index (χ1) is 21.9. The second-order valence-electron chi connectivity index (χ2n) is 12.7. The van der Waals surface area contributed by atoms with E-state index in [9.17, 15) is 13.2 Å². The Morgan fingerprint density at radius 3 is 2.28 bits per heavy atom. The van der Waals surface area contributed by atoms with Gasteiger partial charge in [0.05, 0.1) is 25.6 Å². The first-order valence-corrected chi connectivity index (χ1v) is 16.9. The van der Waals surface area contributed by atoms with Gasteiger partial charge in [0.15, 0.2) is 0 Å². The first-order valence-electron chi connectivity index (χ1n) is 15.4. The van der Waals surface area contributed by atoms with Gasteiger partial charge in [-0.2, -0.15) is 9.40 Å². The van der Waals surface area contributed by atoms with Gasteiger partial charge in [-0.25, -0.2) is 17.9 Å². The number of hydrogen-bond acceptors (Lipinski definition) is 6. The van der Waals surface area contributed by atoms with Crippen LogP contribution in [0.2, 0.25) is 0 Å². The van der Waals surface area contributed by atoms with Crippen molar-refractivity contribution >= 4 is 27.6 Å². The summed E-state index contributed by atoms with van der Waals surface area (Å²) in [5.74, 6) is 1.57. The van der Waals surface area contributed by atoms with Crippen molar-refractivity contribution in [2.45, 2.75) is 57.3 Å². The number of aryl methyl sites for hydroxylation is 1. The molecule has 244 valence electrons. The molecule has 1 saturated heterocycles. The molecule has 0 aliphatic carbocycles. The fourth-order valence-electron chi connectivity index (χ4n) is 5.60. The Morgan fingerprint density at radius 2 is 1.63 bits per heavy atom. The number of piperidine rings is 1. The predicted molar refractivity (Wildman–Crippen MR) is 181 cm³/mol. The van der Waals surface area contributed by atoms with Gasteiger partial charge in [0.25, 0.3) is 0 Å². The van der Waals surface area contributed by atoms with Crippen LogP contribution < -0.4 is 20.1 Å². The van der Waals surface area contributed by atoms with Gasteiger partial charge in [0.1, 0.15) is 22.2 Å². The Labute approximate surface area is 271 Å². The summed E-state index contributed by atoms with van der Waals surface area (Å²) in [6.07, 6.45) is 2.09. The maximum Gasteiger partial charge on any atom is 0.324 e. The summed E-state index contributed by atoms with van der Waals surface area (Å²) >= 11 is 0. The van der Waals surface area contributed by atoms with Crippen LogP contribution in [0.5, 0.6) is 11.5 Å². The summed E-state index contributed by atoms with van der Waals surface area (Å²) in [7, 11) is -0.803. The van der Waals surface area contributed by atoms with E-state index in [0.29, 0.717) is 49.6 Å². The zero-order chi connectivity index (χ0) is 33.1. The van der Waals surface area contributed by atoms with E-state index in [1.165, 1.54) is 24.6 Å². The number of anilines is 2. The maximum atomic E-state index is 13.5. The number of carbonyl (C=O) groups excluding carboxylic acids is 1. The molecule has 0 spiro atoms. The van der Waals surface area contributed by atoms with Crippen molar-refractivity contribution in [3.63, 3.8) is 0 Å². The van der Waals surface area contributed by atoms with E-state index in [4.69, 9.17) is 14.6 Å². The highest BCUT2D eigenvalue weighted by Gasteiger charge is 2.32. The number of para-hydroxylation sites is 1. The van der Waals surface area contributed by atoms with Gasteiger partial charge in [-0.1, -0.05) is 56.7 Å². The number of rotatable bonds is 9. The minimum atomic E-state index is -3.77. The lowest BCUT2D eigenvalue weighted by Gasteiger charge is -2.32. The maximum absolute atomic E-state index is 13.5. The fourth-order valence-corrected chi connectivity index (χ4v) is 7.24. The van der Waals surface area contributed by atoms with E-state index in [-0.39, 0.29) is 28.0 Å². The van der Waals surface area contributed by atoms with Crippen LogP contribution in [0.15, 0.2) is 77.7 Å². The predicted octanol–water partition coefficient (Wildman–Crippen LogP) is 6.78. The van der Waals surface area contributed by atoms with Gasteiger partial charge < -0.3 is 14.8 Å². The number of nitrogens with zero attached hydrogens (tertiary/aromatic N) is 3. The van der Waals surface area contributed by atoms with Crippen molar-refractivity contribution in [2.75, 3.05) is 37.9 Å². The van der Waals surface area contributed by atoms with E-state index >= 15 is 0 Å². The highest BCUT2D eigenvalue weighted by molar-refractivity contribution is 7.89. The second kappa shape index (κ2) is 13.6. The minimum Gasteiger partial charge on any atom is -0.497 e. The third-order valence-corrected chi connectivity index (χ3v) is 10.3. The van der Waals surface area contributed by atoms with Crippen molar-refractivity contribution in [2.24, 2.45) is 5.92 Å². The molecule has 2 heterocycles.